The van der Waals surface area contributed by atoms with Gasteiger partial charge in [0.05, 0.1) is 23.0 Å². The van der Waals surface area contributed by atoms with E-state index >= 15 is 0 Å². The van der Waals surface area contributed by atoms with E-state index in [1.807, 2.05) is 18.2 Å². The highest BCUT2D eigenvalue weighted by Crippen LogP contribution is 2.65. The van der Waals surface area contributed by atoms with E-state index in [9.17, 15) is 14.4 Å². The van der Waals surface area contributed by atoms with Crippen molar-refractivity contribution >= 4 is 23.5 Å². The lowest BCUT2D eigenvalue weighted by atomic mass is 9.43. The summed E-state index contributed by atoms with van der Waals surface area (Å²) < 4.78 is 5.04. The summed E-state index contributed by atoms with van der Waals surface area (Å²) in [5.74, 6) is 0.645. The fourth-order valence-corrected chi connectivity index (χ4v) is 7.29. The van der Waals surface area contributed by atoms with Gasteiger partial charge in [-0.3, -0.25) is 9.59 Å². The summed E-state index contributed by atoms with van der Waals surface area (Å²) in [6.07, 6.45) is 7.14. The number of hydrogen-bond donors (Lipinski definition) is 2. The maximum absolute atomic E-state index is 13.6. The molecule has 0 heterocycles. The van der Waals surface area contributed by atoms with Gasteiger partial charge < -0.3 is 15.4 Å². The quantitative estimate of drug-likeness (QED) is 0.378. The van der Waals surface area contributed by atoms with Crippen LogP contribution in [0.3, 0.4) is 0 Å². The van der Waals surface area contributed by atoms with Crippen molar-refractivity contribution in [3.63, 3.8) is 0 Å². The molecule has 2 aromatic rings. The first-order chi connectivity index (χ1) is 17.4. The van der Waals surface area contributed by atoms with Gasteiger partial charge in [-0.2, -0.15) is 0 Å². The van der Waals surface area contributed by atoms with Gasteiger partial charge in [-0.05, 0) is 100.0 Å². The Labute approximate surface area is 213 Å². The number of rotatable bonds is 9. The van der Waals surface area contributed by atoms with Crippen molar-refractivity contribution in [2.45, 2.75) is 58.3 Å². The van der Waals surface area contributed by atoms with Crippen LogP contribution >= 0.6 is 0 Å². The average Bonchev–Trinajstić information content (AvgIpc) is 2.87. The summed E-state index contributed by atoms with van der Waals surface area (Å²) in [5.41, 5.74) is 1.50. The summed E-state index contributed by atoms with van der Waals surface area (Å²) in [6, 6.07) is 17.2. The van der Waals surface area contributed by atoms with Crippen LogP contribution in [0.25, 0.3) is 0 Å². The van der Waals surface area contributed by atoms with Crippen molar-refractivity contribution in [2.75, 3.05) is 18.5 Å². The maximum atomic E-state index is 13.6. The van der Waals surface area contributed by atoms with Gasteiger partial charge in [0.25, 0.3) is 0 Å². The SMILES string of the molecule is CCOC(=O)c1ccc(NC(=O)C23CC4CC(CC(C(=O)NCCCc5ccccc5)(C4)C2)C3)cc1. The fourth-order valence-electron chi connectivity index (χ4n) is 7.29. The smallest absolute Gasteiger partial charge is 0.338 e. The highest BCUT2D eigenvalue weighted by atomic mass is 16.5. The Morgan fingerprint density at radius 1 is 0.889 bits per heavy atom. The van der Waals surface area contributed by atoms with Crippen LogP contribution < -0.4 is 10.6 Å². The first-order valence-electron chi connectivity index (χ1n) is 13.3. The topological polar surface area (TPSA) is 84.5 Å². The first kappa shape index (κ1) is 24.5. The largest absolute Gasteiger partial charge is 0.462 e. The van der Waals surface area contributed by atoms with Crippen LogP contribution in [0.2, 0.25) is 0 Å². The Hall–Kier alpha value is -3.15. The summed E-state index contributed by atoms with van der Waals surface area (Å²) in [6.45, 7) is 2.76. The molecule has 0 radical (unpaired) electrons. The zero-order valence-electron chi connectivity index (χ0n) is 21.1. The molecule has 6 heteroatoms. The van der Waals surface area contributed by atoms with Crippen LogP contribution in [-0.2, 0) is 20.7 Å². The van der Waals surface area contributed by atoms with Crippen molar-refractivity contribution in [2.24, 2.45) is 22.7 Å². The number of carbonyl (C=O) groups excluding carboxylic acids is 3. The second-order valence-corrected chi connectivity index (χ2v) is 11.1. The molecule has 4 fully saturated rings. The molecular formula is C30H36N2O4. The third-order valence-electron chi connectivity index (χ3n) is 8.45. The van der Waals surface area contributed by atoms with Crippen LogP contribution in [-0.4, -0.2) is 30.9 Å². The van der Waals surface area contributed by atoms with Gasteiger partial charge in [0.2, 0.25) is 11.8 Å². The van der Waals surface area contributed by atoms with Gasteiger partial charge >= 0.3 is 5.97 Å². The third kappa shape index (κ3) is 4.91. The van der Waals surface area contributed by atoms with Gasteiger partial charge in [0, 0.05) is 12.2 Å². The second kappa shape index (κ2) is 10.1. The predicted molar refractivity (Wildman–Crippen MR) is 138 cm³/mol. The third-order valence-corrected chi connectivity index (χ3v) is 8.45. The summed E-state index contributed by atoms with van der Waals surface area (Å²) >= 11 is 0. The van der Waals surface area contributed by atoms with E-state index in [4.69, 9.17) is 4.74 Å². The molecule has 6 rings (SSSR count). The minimum Gasteiger partial charge on any atom is -0.462 e. The van der Waals surface area contributed by atoms with Gasteiger partial charge in [-0.15, -0.1) is 0 Å². The fraction of sp³-hybridized carbons (Fsp3) is 0.500. The van der Waals surface area contributed by atoms with Gasteiger partial charge in [-0.1, -0.05) is 30.3 Å². The standard InChI is InChI=1S/C30H36N2O4/c1-2-36-26(33)24-10-12-25(13-11-24)32-28(35)30-18-22-15-23(19-30)17-29(16-22,20-30)27(34)31-14-6-9-21-7-4-3-5-8-21/h3-5,7-8,10-13,22-23H,2,6,9,14-20H2,1H3,(H,31,34)(H,32,35). The van der Waals surface area contributed by atoms with Crippen LogP contribution in [0, 0.1) is 22.7 Å². The Balaban J connectivity index is 1.22. The van der Waals surface area contributed by atoms with Crippen LogP contribution in [0.4, 0.5) is 5.69 Å². The molecular weight excluding hydrogens is 452 g/mol. The highest BCUT2D eigenvalue weighted by Gasteiger charge is 2.63. The highest BCUT2D eigenvalue weighted by molar-refractivity contribution is 5.97. The second-order valence-electron chi connectivity index (χ2n) is 11.1. The zero-order valence-corrected chi connectivity index (χ0v) is 21.1. The van der Waals surface area contributed by atoms with Crippen molar-refractivity contribution in [3.8, 4) is 0 Å². The number of hydrogen-bond acceptors (Lipinski definition) is 4. The minimum absolute atomic E-state index is 0.0155. The van der Waals surface area contributed by atoms with Gasteiger partial charge in [0.1, 0.15) is 0 Å². The molecule has 0 spiro atoms. The van der Waals surface area contributed by atoms with E-state index in [0.717, 1.165) is 44.9 Å². The lowest BCUT2D eigenvalue weighted by Gasteiger charge is -2.60. The number of nitrogens with one attached hydrogen (secondary N) is 2. The molecule has 4 bridgehead atoms. The number of esters is 1. The summed E-state index contributed by atoms with van der Waals surface area (Å²) in [4.78, 5) is 39.1. The molecule has 190 valence electrons. The van der Waals surface area contributed by atoms with E-state index in [1.54, 1.807) is 31.2 Å². The monoisotopic (exact) mass is 488 g/mol. The molecule has 2 amide bonds. The molecule has 4 aliphatic carbocycles. The van der Waals surface area contributed by atoms with Gasteiger partial charge in [0.15, 0.2) is 0 Å². The van der Waals surface area contributed by atoms with E-state index in [0.29, 0.717) is 42.7 Å². The molecule has 4 saturated carbocycles. The molecule has 0 aliphatic heterocycles. The average molecular weight is 489 g/mol. The van der Waals surface area contributed by atoms with Crippen molar-refractivity contribution in [1.29, 1.82) is 0 Å². The van der Waals surface area contributed by atoms with E-state index < -0.39 is 10.8 Å². The Morgan fingerprint density at radius 3 is 2.17 bits per heavy atom. The Kier molecular flexibility index (Phi) is 6.87. The molecule has 4 aliphatic rings. The number of anilines is 1. The molecule has 2 aromatic carbocycles. The number of benzene rings is 2. The number of ether oxygens (including phenoxy) is 1. The molecule has 2 N–H and O–H groups in total. The molecule has 6 nitrogen and oxygen atoms in total. The van der Waals surface area contributed by atoms with Gasteiger partial charge in [-0.25, -0.2) is 4.79 Å². The maximum Gasteiger partial charge on any atom is 0.338 e. The van der Waals surface area contributed by atoms with E-state index in [1.165, 1.54) is 5.56 Å². The zero-order chi connectivity index (χ0) is 25.2. The summed E-state index contributed by atoms with van der Waals surface area (Å²) in [5, 5.41) is 6.33. The van der Waals surface area contributed by atoms with Crippen molar-refractivity contribution in [1.82, 2.24) is 5.32 Å². The molecule has 2 unspecified atom stereocenters. The normalized spacial score (nSPS) is 27.9. The van der Waals surface area contributed by atoms with Crippen LogP contribution in [0.1, 0.15) is 67.8 Å². The van der Waals surface area contributed by atoms with Crippen molar-refractivity contribution < 1.29 is 19.1 Å². The van der Waals surface area contributed by atoms with Crippen LogP contribution in [0.5, 0.6) is 0 Å². The molecule has 2 atom stereocenters. The number of amides is 2. The number of carbonyl (C=O) groups is 3. The Bertz CT molecular complexity index is 1100. The summed E-state index contributed by atoms with van der Waals surface area (Å²) in [7, 11) is 0. The van der Waals surface area contributed by atoms with E-state index in [-0.39, 0.29) is 17.8 Å². The lowest BCUT2D eigenvalue weighted by Crippen LogP contribution is -2.60. The Morgan fingerprint density at radius 2 is 1.53 bits per heavy atom. The van der Waals surface area contributed by atoms with Crippen LogP contribution in [0.15, 0.2) is 54.6 Å². The number of aryl methyl sites for hydroxylation is 1. The molecule has 36 heavy (non-hydrogen) atoms. The minimum atomic E-state index is -0.495. The molecule has 0 saturated heterocycles. The lowest BCUT2D eigenvalue weighted by molar-refractivity contribution is -0.164. The van der Waals surface area contributed by atoms with Crippen molar-refractivity contribution in [3.05, 3.63) is 65.7 Å². The molecule has 0 aromatic heterocycles. The first-order valence-corrected chi connectivity index (χ1v) is 13.3. The van der Waals surface area contributed by atoms with E-state index in [2.05, 4.69) is 22.8 Å². The predicted octanol–water partition coefficient (Wildman–Crippen LogP) is 5.14.